The average molecular weight is 222 g/mol. The summed E-state index contributed by atoms with van der Waals surface area (Å²) >= 11 is 0. The Kier molecular flexibility index (Phi) is 3.90. The third-order valence-electron chi connectivity index (χ3n) is 2.24. The summed E-state index contributed by atoms with van der Waals surface area (Å²) in [4.78, 5) is 0. The number of phenols is 1. The van der Waals surface area contributed by atoms with Gasteiger partial charge in [0, 0.05) is 30.1 Å². The highest BCUT2D eigenvalue weighted by Gasteiger charge is 2.11. The van der Waals surface area contributed by atoms with E-state index in [4.69, 9.17) is 5.41 Å². The Balaban J connectivity index is 2.65. The molecule has 0 saturated heterocycles. The zero-order chi connectivity index (χ0) is 12.2. The van der Waals surface area contributed by atoms with Crippen LogP contribution in [-0.4, -0.2) is 28.6 Å². The third kappa shape index (κ3) is 3.90. The average Bonchev–Trinajstić information content (AvgIpc) is 2.16. The lowest BCUT2D eigenvalue weighted by Crippen LogP contribution is -2.22. The summed E-state index contributed by atoms with van der Waals surface area (Å²) in [5.41, 5.74) is 0.710. The Morgan fingerprint density at radius 2 is 2.12 bits per heavy atom. The van der Waals surface area contributed by atoms with Gasteiger partial charge in [0.2, 0.25) is 0 Å². The first-order chi connectivity index (χ1) is 7.42. The Bertz CT molecular complexity index is 370. The Morgan fingerprint density at radius 3 is 2.69 bits per heavy atom. The molecule has 0 radical (unpaired) electrons. The number of hydrogen-bond acceptors (Lipinski definition) is 4. The molecule has 4 nitrogen and oxygen atoms in total. The SMILES string of the molecule is CC(C)(O)CCNc1cc(O)ccc1C=N. The van der Waals surface area contributed by atoms with E-state index in [1.165, 1.54) is 6.21 Å². The number of phenolic OH excluding ortho intramolecular Hbond substituents is 1. The predicted octanol–water partition coefficient (Wildman–Crippen LogP) is 1.96. The van der Waals surface area contributed by atoms with Crippen LogP contribution in [0.4, 0.5) is 5.69 Å². The second-order valence-corrected chi connectivity index (χ2v) is 4.41. The Labute approximate surface area is 95.4 Å². The summed E-state index contributed by atoms with van der Waals surface area (Å²) in [5, 5.41) is 29.2. The van der Waals surface area contributed by atoms with Gasteiger partial charge in [-0.05, 0) is 32.4 Å². The lowest BCUT2D eigenvalue weighted by molar-refractivity contribution is 0.0749. The molecule has 88 valence electrons. The van der Waals surface area contributed by atoms with E-state index >= 15 is 0 Å². The van der Waals surface area contributed by atoms with Gasteiger partial charge in [0.25, 0.3) is 0 Å². The van der Waals surface area contributed by atoms with Crippen molar-refractivity contribution in [3.05, 3.63) is 23.8 Å². The van der Waals surface area contributed by atoms with E-state index in [9.17, 15) is 10.2 Å². The van der Waals surface area contributed by atoms with Crippen LogP contribution in [0.3, 0.4) is 0 Å². The first-order valence-electron chi connectivity index (χ1n) is 5.22. The number of aromatic hydroxyl groups is 1. The molecule has 0 heterocycles. The fourth-order valence-electron chi connectivity index (χ4n) is 1.33. The highest BCUT2D eigenvalue weighted by atomic mass is 16.3. The zero-order valence-electron chi connectivity index (χ0n) is 9.62. The number of nitrogens with one attached hydrogen (secondary N) is 2. The van der Waals surface area contributed by atoms with Gasteiger partial charge in [-0.15, -0.1) is 0 Å². The molecule has 0 fully saturated rings. The topological polar surface area (TPSA) is 76.3 Å². The predicted molar refractivity (Wildman–Crippen MR) is 65.4 cm³/mol. The van der Waals surface area contributed by atoms with Crippen LogP contribution in [-0.2, 0) is 0 Å². The van der Waals surface area contributed by atoms with Gasteiger partial charge in [0.05, 0.1) is 5.60 Å². The van der Waals surface area contributed by atoms with E-state index in [-0.39, 0.29) is 5.75 Å². The van der Waals surface area contributed by atoms with Crippen molar-refractivity contribution in [3.63, 3.8) is 0 Å². The molecule has 4 N–H and O–H groups in total. The molecule has 1 rings (SSSR count). The largest absolute Gasteiger partial charge is 0.508 e. The summed E-state index contributed by atoms with van der Waals surface area (Å²) in [6.07, 6.45) is 1.83. The van der Waals surface area contributed by atoms with Gasteiger partial charge in [-0.2, -0.15) is 0 Å². The maximum absolute atomic E-state index is 9.54. The summed E-state index contributed by atoms with van der Waals surface area (Å²) < 4.78 is 0. The number of hydrogen-bond donors (Lipinski definition) is 4. The Hall–Kier alpha value is -1.55. The molecule has 1 aromatic carbocycles. The molecule has 0 bridgehead atoms. The van der Waals surface area contributed by atoms with Crippen molar-refractivity contribution in [3.8, 4) is 5.75 Å². The van der Waals surface area contributed by atoms with Crippen molar-refractivity contribution in [1.82, 2.24) is 0 Å². The summed E-state index contributed by atoms with van der Waals surface area (Å²) in [6.45, 7) is 4.08. The molecule has 0 unspecified atom stereocenters. The van der Waals surface area contributed by atoms with Gasteiger partial charge in [-0.3, -0.25) is 0 Å². The number of rotatable bonds is 5. The first kappa shape index (κ1) is 12.5. The van der Waals surface area contributed by atoms with Crippen molar-refractivity contribution >= 4 is 11.9 Å². The molecule has 0 saturated carbocycles. The number of aliphatic hydroxyl groups is 1. The first-order valence-corrected chi connectivity index (χ1v) is 5.22. The fourth-order valence-corrected chi connectivity index (χ4v) is 1.33. The molecular formula is C12H18N2O2. The van der Waals surface area contributed by atoms with Crippen molar-refractivity contribution in [1.29, 1.82) is 5.41 Å². The van der Waals surface area contributed by atoms with E-state index < -0.39 is 5.60 Å². The van der Waals surface area contributed by atoms with Crippen molar-refractivity contribution < 1.29 is 10.2 Å². The maximum Gasteiger partial charge on any atom is 0.117 e. The fraction of sp³-hybridized carbons (Fsp3) is 0.417. The van der Waals surface area contributed by atoms with E-state index in [2.05, 4.69) is 5.32 Å². The van der Waals surface area contributed by atoms with Gasteiger partial charge in [-0.1, -0.05) is 0 Å². The molecule has 0 aliphatic carbocycles. The Morgan fingerprint density at radius 1 is 1.44 bits per heavy atom. The molecular weight excluding hydrogens is 204 g/mol. The molecule has 0 aromatic heterocycles. The van der Waals surface area contributed by atoms with E-state index in [0.29, 0.717) is 24.2 Å². The molecule has 1 aromatic rings. The van der Waals surface area contributed by atoms with Gasteiger partial charge < -0.3 is 20.9 Å². The van der Waals surface area contributed by atoms with Crippen LogP contribution in [0.1, 0.15) is 25.8 Å². The molecule has 0 atom stereocenters. The van der Waals surface area contributed by atoms with Crippen molar-refractivity contribution in [2.75, 3.05) is 11.9 Å². The second-order valence-electron chi connectivity index (χ2n) is 4.41. The second kappa shape index (κ2) is 4.99. The number of anilines is 1. The lowest BCUT2D eigenvalue weighted by Gasteiger charge is -2.18. The van der Waals surface area contributed by atoms with E-state index in [0.717, 1.165) is 0 Å². The van der Waals surface area contributed by atoms with Crippen LogP contribution in [0.5, 0.6) is 5.75 Å². The normalized spacial score (nSPS) is 11.2. The van der Waals surface area contributed by atoms with Crippen LogP contribution in [0.25, 0.3) is 0 Å². The van der Waals surface area contributed by atoms with Crippen LogP contribution < -0.4 is 5.32 Å². The quantitative estimate of drug-likeness (QED) is 0.575. The summed E-state index contributed by atoms with van der Waals surface area (Å²) in [7, 11) is 0. The highest BCUT2D eigenvalue weighted by Crippen LogP contribution is 2.20. The van der Waals surface area contributed by atoms with Crippen LogP contribution in [0.15, 0.2) is 18.2 Å². The molecule has 0 amide bonds. The molecule has 16 heavy (non-hydrogen) atoms. The van der Waals surface area contributed by atoms with Crippen molar-refractivity contribution in [2.24, 2.45) is 0 Å². The molecule has 4 heteroatoms. The van der Waals surface area contributed by atoms with Gasteiger partial charge in [0.15, 0.2) is 0 Å². The van der Waals surface area contributed by atoms with Gasteiger partial charge in [-0.25, -0.2) is 0 Å². The highest BCUT2D eigenvalue weighted by molar-refractivity contribution is 5.86. The van der Waals surface area contributed by atoms with Crippen LogP contribution in [0.2, 0.25) is 0 Å². The smallest absolute Gasteiger partial charge is 0.117 e. The molecule has 0 aliphatic heterocycles. The van der Waals surface area contributed by atoms with Crippen LogP contribution in [0, 0.1) is 5.41 Å². The molecule has 0 spiro atoms. The van der Waals surface area contributed by atoms with Gasteiger partial charge in [0.1, 0.15) is 5.75 Å². The van der Waals surface area contributed by atoms with Crippen LogP contribution >= 0.6 is 0 Å². The monoisotopic (exact) mass is 222 g/mol. The minimum absolute atomic E-state index is 0.163. The zero-order valence-corrected chi connectivity index (χ0v) is 9.62. The number of benzene rings is 1. The summed E-state index contributed by atoms with van der Waals surface area (Å²) in [6, 6.07) is 4.79. The van der Waals surface area contributed by atoms with Crippen molar-refractivity contribution in [2.45, 2.75) is 25.9 Å². The minimum atomic E-state index is -0.714. The lowest BCUT2D eigenvalue weighted by atomic mass is 10.1. The maximum atomic E-state index is 9.54. The molecule has 0 aliphatic rings. The van der Waals surface area contributed by atoms with E-state index in [1.807, 2.05) is 0 Å². The standard InChI is InChI=1S/C12H18N2O2/c1-12(2,16)5-6-14-11-7-10(15)4-3-9(11)8-13/h3-4,7-8,13-16H,5-6H2,1-2H3. The van der Waals surface area contributed by atoms with E-state index in [1.54, 1.807) is 32.0 Å². The minimum Gasteiger partial charge on any atom is -0.508 e. The van der Waals surface area contributed by atoms with Gasteiger partial charge >= 0.3 is 0 Å². The third-order valence-corrected chi connectivity index (χ3v) is 2.24. The summed E-state index contributed by atoms with van der Waals surface area (Å²) in [5.74, 6) is 0.163.